The van der Waals surface area contributed by atoms with Gasteiger partial charge in [0.1, 0.15) is 6.61 Å². The van der Waals surface area contributed by atoms with E-state index in [2.05, 4.69) is 0 Å². The molecule has 114 valence electrons. The van der Waals surface area contributed by atoms with Gasteiger partial charge in [0.2, 0.25) is 0 Å². The number of likely N-dealkylation sites (tertiary alicyclic amines) is 1. The molecule has 0 aromatic heterocycles. The molecule has 6 heteroatoms. The summed E-state index contributed by atoms with van der Waals surface area (Å²) in [6.07, 6.45) is 0.320. The Bertz CT molecular complexity index is 470. The fourth-order valence-corrected chi connectivity index (χ4v) is 2.09. The number of nitrogens with zero attached hydrogens (tertiary/aromatic N) is 1. The van der Waals surface area contributed by atoms with Crippen LogP contribution in [0, 0.1) is 0 Å². The van der Waals surface area contributed by atoms with Crippen LogP contribution < -0.4 is 0 Å². The first-order valence-electron chi connectivity index (χ1n) is 7.01. The maximum absolute atomic E-state index is 11.7. The van der Waals surface area contributed by atoms with Crippen molar-refractivity contribution in [3.63, 3.8) is 0 Å². The van der Waals surface area contributed by atoms with E-state index < -0.39 is 18.4 Å². The molecule has 0 saturated carbocycles. The highest BCUT2D eigenvalue weighted by molar-refractivity contribution is 5.77. The van der Waals surface area contributed by atoms with Gasteiger partial charge in [0.25, 0.3) is 0 Å². The summed E-state index contributed by atoms with van der Waals surface area (Å²) >= 11 is 0. The summed E-state index contributed by atoms with van der Waals surface area (Å²) in [7, 11) is 0. The zero-order valence-electron chi connectivity index (χ0n) is 11.7. The van der Waals surface area contributed by atoms with Crippen LogP contribution in [0.5, 0.6) is 0 Å². The van der Waals surface area contributed by atoms with Crippen molar-refractivity contribution in [2.24, 2.45) is 0 Å². The lowest BCUT2D eigenvalue weighted by Crippen LogP contribution is -2.40. The van der Waals surface area contributed by atoms with Crippen LogP contribution >= 0.6 is 0 Å². The van der Waals surface area contributed by atoms with Crippen molar-refractivity contribution in [1.29, 1.82) is 0 Å². The molecule has 1 amide bonds. The first-order chi connectivity index (χ1) is 10.2. The number of ether oxygens (including phenoxy) is 2. The van der Waals surface area contributed by atoms with Crippen LogP contribution in [-0.2, 0) is 20.9 Å². The molecule has 1 atom stereocenters. The highest BCUT2D eigenvalue weighted by Gasteiger charge is 2.25. The minimum Gasteiger partial charge on any atom is -0.456 e. The Kier molecular flexibility index (Phi) is 5.57. The third-order valence-electron chi connectivity index (χ3n) is 3.25. The normalized spacial score (nSPS) is 16.1. The van der Waals surface area contributed by atoms with Crippen molar-refractivity contribution in [2.45, 2.75) is 32.2 Å². The molecular weight excluding hydrogens is 274 g/mol. The number of rotatable bonds is 4. The molecule has 2 rings (SSSR count). The van der Waals surface area contributed by atoms with Crippen LogP contribution in [0.25, 0.3) is 0 Å². The molecule has 1 saturated heterocycles. The smallest absolute Gasteiger partial charge is 0.412 e. The van der Waals surface area contributed by atoms with Gasteiger partial charge in [-0.2, -0.15) is 0 Å². The van der Waals surface area contributed by atoms with Gasteiger partial charge in [0.05, 0.1) is 0 Å². The van der Waals surface area contributed by atoms with Crippen LogP contribution in [0.15, 0.2) is 30.3 Å². The Balaban J connectivity index is 1.75. The molecule has 1 aromatic carbocycles. The Morgan fingerprint density at radius 2 is 1.81 bits per heavy atom. The van der Waals surface area contributed by atoms with E-state index in [0.29, 0.717) is 13.1 Å². The molecule has 1 heterocycles. The quantitative estimate of drug-likeness (QED) is 0.675. The molecule has 6 nitrogen and oxygen atoms in total. The third kappa shape index (κ3) is 4.75. The number of carbonyl (C=O) groups is 2. The second-order valence-electron chi connectivity index (χ2n) is 4.88. The van der Waals surface area contributed by atoms with Gasteiger partial charge in [-0.3, -0.25) is 0 Å². The fourth-order valence-electron chi connectivity index (χ4n) is 2.09. The number of aliphatic hydroxyl groups excluding tert-OH is 1. The van der Waals surface area contributed by atoms with E-state index in [4.69, 9.17) is 9.47 Å². The van der Waals surface area contributed by atoms with Gasteiger partial charge in [-0.15, -0.1) is 0 Å². The average Bonchev–Trinajstić information content (AvgIpc) is 2.54. The van der Waals surface area contributed by atoms with Crippen LogP contribution in [-0.4, -0.2) is 41.4 Å². The topological polar surface area (TPSA) is 76.1 Å². The molecule has 0 spiro atoms. The van der Waals surface area contributed by atoms with Crippen molar-refractivity contribution in [2.75, 3.05) is 13.1 Å². The van der Waals surface area contributed by atoms with E-state index in [9.17, 15) is 14.7 Å². The molecule has 0 aliphatic carbocycles. The van der Waals surface area contributed by atoms with Gasteiger partial charge in [-0.1, -0.05) is 30.3 Å². The molecule has 1 fully saturated rings. The van der Waals surface area contributed by atoms with E-state index in [0.717, 1.165) is 24.8 Å². The maximum Gasteiger partial charge on any atom is 0.412 e. The highest BCUT2D eigenvalue weighted by atomic mass is 16.7. The molecule has 1 aromatic rings. The van der Waals surface area contributed by atoms with Gasteiger partial charge >= 0.3 is 18.4 Å². The first kappa shape index (κ1) is 15.3. The van der Waals surface area contributed by atoms with E-state index >= 15 is 0 Å². The summed E-state index contributed by atoms with van der Waals surface area (Å²) in [6.45, 7) is 1.20. The summed E-state index contributed by atoms with van der Waals surface area (Å²) in [4.78, 5) is 24.8. The van der Waals surface area contributed by atoms with Crippen LogP contribution in [0.4, 0.5) is 4.79 Å². The molecule has 1 unspecified atom stereocenters. The lowest BCUT2D eigenvalue weighted by atomic mass is 10.1. The number of aliphatic hydroxyl groups is 1. The molecule has 1 N–H and O–H groups in total. The van der Waals surface area contributed by atoms with E-state index in [1.165, 1.54) is 4.90 Å². The number of carbonyl (C=O) groups excluding carboxylic acids is 2. The van der Waals surface area contributed by atoms with Gasteiger partial charge in [-0.25, -0.2) is 9.59 Å². The highest BCUT2D eigenvalue weighted by Crippen LogP contribution is 2.11. The Labute approximate surface area is 123 Å². The van der Waals surface area contributed by atoms with E-state index in [1.807, 2.05) is 18.2 Å². The zero-order valence-corrected chi connectivity index (χ0v) is 11.7. The molecular formula is C15H19NO5. The van der Waals surface area contributed by atoms with Crippen molar-refractivity contribution in [3.8, 4) is 0 Å². The molecule has 1 aliphatic rings. The predicted molar refractivity (Wildman–Crippen MR) is 74.1 cm³/mol. The third-order valence-corrected chi connectivity index (χ3v) is 3.25. The number of hydrogen-bond donors (Lipinski definition) is 1. The van der Waals surface area contributed by atoms with Gasteiger partial charge in [0.15, 0.2) is 0 Å². The number of piperidine rings is 1. The molecule has 21 heavy (non-hydrogen) atoms. The van der Waals surface area contributed by atoms with Gasteiger partial charge < -0.3 is 19.5 Å². The average molecular weight is 293 g/mol. The maximum atomic E-state index is 11.7. The SMILES string of the molecule is O=C(OCc1ccccc1)C(O)OC(=O)N1CCCCC1. The van der Waals surface area contributed by atoms with Crippen molar-refractivity contribution >= 4 is 12.1 Å². The van der Waals surface area contributed by atoms with Crippen molar-refractivity contribution in [1.82, 2.24) is 4.90 Å². The number of amides is 1. The molecule has 0 bridgehead atoms. The number of esters is 1. The Morgan fingerprint density at radius 3 is 2.48 bits per heavy atom. The largest absolute Gasteiger partial charge is 0.456 e. The lowest BCUT2D eigenvalue weighted by Gasteiger charge is -2.26. The van der Waals surface area contributed by atoms with Crippen molar-refractivity contribution < 1.29 is 24.2 Å². The summed E-state index contributed by atoms with van der Waals surface area (Å²) in [6, 6.07) is 9.06. The Morgan fingerprint density at radius 1 is 1.14 bits per heavy atom. The summed E-state index contributed by atoms with van der Waals surface area (Å²) < 4.78 is 9.60. The van der Waals surface area contributed by atoms with E-state index in [1.54, 1.807) is 12.1 Å². The predicted octanol–water partition coefficient (Wildman–Crippen LogP) is 1.67. The second-order valence-corrected chi connectivity index (χ2v) is 4.88. The summed E-state index contributed by atoms with van der Waals surface area (Å²) in [5, 5.41) is 9.55. The molecule has 0 radical (unpaired) electrons. The summed E-state index contributed by atoms with van der Waals surface area (Å²) in [5.41, 5.74) is 0.792. The monoisotopic (exact) mass is 293 g/mol. The van der Waals surface area contributed by atoms with Crippen LogP contribution in [0.3, 0.4) is 0 Å². The van der Waals surface area contributed by atoms with Crippen molar-refractivity contribution in [3.05, 3.63) is 35.9 Å². The number of benzene rings is 1. The van der Waals surface area contributed by atoms with E-state index in [-0.39, 0.29) is 6.61 Å². The van der Waals surface area contributed by atoms with Crippen LogP contribution in [0.1, 0.15) is 24.8 Å². The second kappa shape index (κ2) is 7.64. The van der Waals surface area contributed by atoms with Crippen LogP contribution in [0.2, 0.25) is 0 Å². The first-order valence-corrected chi connectivity index (χ1v) is 7.01. The Hall–Kier alpha value is -2.08. The fraction of sp³-hybridized carbons (Fsp3) is 0.467. The number of hydrogen-bond acceptors (Lipinski definition) is 5. The lowest BCUT2D eigenvalue weighted by molar-refractivity contribution is -0.176. The van der Waals surface area contributed by atoms with Gasteiger partial charge in [-0.05, 0) is 24.8 Å². The zero-order chi connectivity index (χ0) is 15.1. The van der Waals surface area contributed by atoms with Gasteiger partial charge in [0, 0.05) is 13.1 Å². The summed E-state index contributed by atoms with van der Waals surface area (Å²) in [5.74, 6) is -0.968. The minimum atomic E-state index is -1.89. The molecule has 1 aliphatic heterocycles. The minimum absolute atomic E-state index is 0.0258. The standard InChI is InChI=1S/C15H19NO5/c17-13(20-11-12-7-3-1-4-8-12)14(18)21-15(19)16-9-5-2-6-10-16/h1,3-4,7-8,14,18H,2,5-6,9-11H2.